The average Bonchev–Trinajstić information content (AvgIpc) is 3.38. The average molecular weight is 505 g/mol. The Bertz CT molecular complexity index is 1430. The first-order valence-electron chi connectivity index (χ1n) is 13.3. The van der Waals surface area contributed by atoms with Gasteiger partial charge in [0, 0.05) is 45.6 Å². The number of fused-ring (bicyclic) bond motifs is 1. The molecule has 1 aliphatic heterocycles. The van der Waals surface area contributed by atoms with Gasteiger partial charge in [-0.25, -0.2) is 0 Å². The van der Waals surface area contributed by atoms with Gasteiger partial charge in [0.1, 0.15) is 11.8 Å². The number of benzene rings is 3. The first-order chi connectivity index (χ1) is 18.7. The normalized spacial score (nSPS) is 16.2. The molecule has 3 aromatic carbocycles. The number of aromatic nitrogens is 2. The highest BCUT2D eigenvalue weighted by Gasteiger charge is 2.28. The van der Waals surface area contributed by atoms with E-state index in [1.807, 2.05) is 36.4 Å². The lowest BCUT2D eigenvalue weighted by molar-refractivity contribution is 0.208. The molecule has 0 spiro atoms. The largest absolute Gasteiger partial charge is 0.482 e. The van der Waals surface area contributed by atoms with E-state index in [1.54, 1.807) is 6.20 Å². The number of ether oxygens (including phenoxy) is 1. The van der Waals surface area contributed by atoms with Crippen LogP contribution in [-0.2, 0) is 12.8 Å². The molecule has 6 heteroatoms. The Morgan fingerprint density at radius 3 is 2.13 bits per heavy atom. The fraction of sp³-hybridized carbons (Fsp3) is 0.250. The van der Waals surface area contributed by atoms with Crippen molar-refractivity contribution in [3.63, 3.8) is 0 Å². The van der Waals surface area contributed by atoms with E-state index >= 15 is 0 Å². The third-order valence-corrected chi connectivity index (χ3v) is 7.40. The Balaban J connectivity index is 1.21. The van der Waals surface area contributed by atoms with Crippen molar-refractivity contribution in [2.75, 3.05) is 37.6 Å². The molecule has 6 nitrogen and oxygen atoms in total. The second kappa shape index (κ2) is 11.1. The minimum Gasteiger partial charge on any atom is -0.482 e. The summed E-state index contributed by atoms with van der Waals surface area (Å²) in [5.41, 5.74) is 5.13. The molecule has 0 bridgehead atoms. The maximum atomic E-state index is 13.8. The quantitative estimate of drug-likeness (QED) is 0.368. The molecule has 1 aliphatic carbocycles. The van der Waals surface area contributed by atoms with Crippen LogP contribution in [0, 0.1) is 0 Å². The van der Waals surface area contributed by atoms with Gasteiger partial charge in [0.15, 0.2) is 0 Å². The van der Waals surface area contributed by atoms with Gasteiger partial charge in [-0.2, -0.15) is 9.78 Å². The molecule has 2 heterocycles. The van der Waals surface area contributed by atoms with Crippen LogP contribution in [0.4, 0.5) is 5.69 Å². The molecule has 38 heavy (non-hydrogen) atoms. The Hall–Kier alpha value is -4.16. The molecule has 1 saturated heterocycles. The van der Waals surface area contributed by atoms with Gasteiger partial charge in [-0.15, -0.1) is 0 Å². The van der Waals surface area contributed by atoms with E-state index in [-0.39, 0.29) is 11.7 Å². The number of anilines is 1. The summed E-state index contributed by atoms with van der Waals surface area (Å²) < 4.78 is 7.99. The minimum atomic E-state index is -0.210. The van der Waals surface area contributed by atoms with E-state index in [4.69, 9.17) is 4.74 Å². The van der Waals surface area contributed by atoms with Gasteiger partial charge in [-0.1, -0.05) is 84.9 Å². The van der Waals surface area contributed by atoms with Gasteiger partial charge in [-0.05, 0) is 28.8 Å². The third kappa shape index (κ3) is 5.27. The molecule has 1 fully saturated rings. The van der Waals surface area contributed by atoms with E-state index in [2.05, 4.69) is 75.6 Å². The van der Waals surface area contributed by atoms with Crippen molar-refractivity contribution >= 4 is 11.8 Å². The first kappa shape index (κ1) is 24.2. The predicted octanol–water partition coefficient (Wildman–Crippen LogP) is 4.61. The van der Waals surface area contributed by atoms with Crippen LogP contribution in [0.5, 0.6) is 5.75 Å². The van der Waals surface area contributed by atoms with Gasteiger partial charge in [0.05, 0.1) is 11.9 Å². The summed E-state index contributed by atoms with van der Waals surface area (Å²) >= 11 is 0. The second-order valence-corrected chi connectivity index (χ2v) is 9.93. The SMILES string of the molecule is O=c1c(OC2Cc3ccccc3C2)c(N2CCN(CC=Cc3ccccc3)CC2)cnn1-c1ccccc1. The Labute approximate surface area is 223 Å². The van der Waals surface area contributed by atoms with Gasteiger partial charge >= 0.3 is 5.56 Å². The van der Waals surface area contributed by atoms with Gasteiger partial charge < -0.3 is 9.64 Å². The number of rotatable bonds is 7. The Kier molecular flexibility index (Phi) is 7.05. The number of piperazine rings is 1. The van der Waals surface area contributed by atoms with E-state index in [0.29, 0.717) is 5.75 Å². The molecule has 192 valence electrons. The molecule has 0 unspecified atom stereocenters. The van der Waals surface area contributed by atoms with Crippen LogP contribution in [0.25, 0.3) is 11.8 Å². The summed E-state index contributed by atoms with van der Waals surface area (Å²) in [7, 11) is 0. The van der Waals surface area contributed by atoms with E-state index in [0.717, 1.165) is 56.9 Å². The molecule has 0 N–H and O–H groups in total. The molecular formula is C32H32N4O2. The van der Waals surface area contributed by atoms with E-state index in [1.165, 1.54) is 21.4 Å². The van der Waals surface area contributed by atoms with Crippen LogP contribution < -0.4 is 15.2 Å². The second-order valence-electron chi connectivity index (χ2n) is 9.93. The molecule has 1 aromatic heterocycles. The standard InChI is InChI=1S/C32H32N4O2/c37-32-31(38-29-22-26-13-7-8-14-27(26)23-29)30(24-33-36(32)28-15-5-2-6-16-28)35-20-18-34(19-21-35)17-9-12-25-10-3-1-4-11-25/h1-16,24,29H,17-23H2. The van der Waals surface area contributed by atoms with Crippen LogP contribution in [0.2, 0.25) is 0 Å². The summed E-state index contributed by atoms with van der Waals surface area (Å²) in [5, 5.41) is 4.56. The van der Waals surface area contributed by atoms with Crippen molar-refractivity contribution in [1.82, 2.24) is 14.7 Å². The fourth-order valence-corrected chi connectivity index (χ4v) is 5.36. The zero-order valence-corrected chi connectivity index (χ0v) is 21.4. The summed E-state index contributed by atoms with van der Waals surface area (Å²) in [6.45, 7) is 4.36. The maximum Gasteiger partial charge on any atom is 0.316 e. The van der Waals surface area contributed by atoms with Gasteiger partial charge in [0.25, 0.3) is 0 Å². The summed E-state index contributed by atoms with van der Waals surface area (Å²) in [4.78, 5) is 18.4. The third-order valence-electron chi connectivity index (χ3n) is 7.40. The number of nitrogens with zero attached hydrogens (tertiary/aromatic N) is 4. The Morgan fingerprint density at radius 2 is 1.45 bits per heavy atom. The number of hydrogen-bond acceptors (Lipinski definition) is 5. The highest BCUT2D eigenvalue weighted by molar-refractivity contribution is 5.57. The maximum absolute atomic E-state index is 13.8. The van der Waals surface area contributed by atoms with Crippen molar-refractivity contribution in [2.24, 2.45) is 0 Å². The van der Waals surface area contributed by atoms with Gasteiger partial charge in [0.2, 0.25) is 5.75 Å². The zero-order chi connectivity index (χ0) is 25.7. The Morgan fingerprint density at radius 1 is 0.816 bits per heavy atom. The fourth-order valence-electron chi connectivity index (χ4n) is 5.36. The summed E-state index contributed by atoms with van der Waals surface area (Å²) in [5.74, 6) is 0.402. The van der Waals surface area contributed by atoms with Crippen LogP contribution in [0.3, 0.4) is 0 Å². The lowest BCUT2D eigenvalue weighted by atomic mass is 10.1. The van der Waals surface area contributed by atoms with Crippen molar-refractivity contribution in [3.8, 4) is 11.4 Å². The van der Waals surface area contributed by atoms with Gasteiger partial charge in [-0.3, -0.25) is 9.69 Å². The van der Waals surface area contributed by atoms with Crippen LogP contribution in [0.1, 0.15) is 16.7 Å². The predicted molar refractivity (Wildman–Crippen MR) is 152 cm³/mol. The zero-order valence-electron chi connectivity index (χ0n) is 21.4. The molecular weight excluding hydrogens is 472 g/mol. The summed E-state index contributed by atoms with van der Waals surface area (Å²) in [6.07, 6.45) is 7.76. The lowest BCUT2D eigenvalue weighted by Crippen LogP contribution is -2.47. The topological polar surface area (TPSA) is 50.6 Å². The van der Waals surface area contributed by atoms with E-state index < -0.39 is 0 Å². The number of para-hydroxylation sites is 1. The molecule has 0 radical (unpaired) electrons. The highest BCUT2D eigenvalue weighted by atomic mass is 16.5. The lowest BCUT2D eigenvalue weighted by Gasteiger charge is -2.36. The number of hydrogen-bond donors (Lipinski definition) is 0. The molecule has 0 amide bonds. The van der Waals surface area contributed by atoms with Crippen LogP contribution in [0.15, 0.2) is 102 Å². The molecule has 2 aliphatic rings. The van der Waals surface area contributed by atoms with Crippen molar-refractivity contribution in [1.29, 1.82) is 0 Å². The highest BCUT2D eigenvalue weighted by Crippen LogP contribution is 2.30. The molecule has 4 aromatic rings. The summed E-state index contributed by atoms with van der Waals surface area (Å²) in [6, 6.07) is 28.4. The smallest absolute Gasteiger partial charge is 0.316 e. The molecule has 0 saturated carbocycles. The first-order valence-corrected chi connectivity index (χ1v) is 13.3. The van der Waals surface area contributed by atoms with Crippen molar-refractivity contribution in [3.05, 3.63) is 124 Å². The van der Waals surface area contributed by atoms with E-state index in [9.17, 15) is 4.79 Å². The van der Waals surface area contributed by atoms with Crippen molar-refractivity contribution in [2.45, 2.75) is 18.9 Å². The monoisotopic (exact) mass is 504 g/mol. The van der Waals surface area contributed by atoms with Crippen LogP contribution in [-0.4, -0.2) is 53.5 Å². The molecule has 6 rings (SSSR count). The van der Waals surface area contributed by atoms with Crippen LogP contribution >= 0.6 is 0 Å². The van der Waals surface area contributed by atoms with Crippen molar-refractivity contribution < 1.29 is 4.74 Å². The molecule has 0 atom stereocenters. The minimum absolute atomic E-state index is 0.0603.